The number of aliphatic carboxylic acids is 1. The van der Waals surface area contributed by atoms with E-state index >= 15 is 0 Å². The summed E-state index contributed by atoms with van der Waals surface area (Å²) < 4.78 is 5.83. The molecule has 0 spiro atoms. The smallest absolute Gasteiger partial charge is 0.326 e. The van der Waals surface area contributed by atoms with E-state index in [1.807, 2.05) is 6.92 Å². The molecule has 0 aromatic carbocycles. The third-order valence-electron chi connectivity index (χ3n) is 7.32. The Balaban J connectivity index is 2.12. The van der Waals surface area contributed by atoms with Gasteiger partial charge in [0.15, 0.2) is 6.29 Å². The van der Waals surface area contributed by atoms with E-state index < -0.39 is 35.9 Å². The highest BCUT2D eigenvalue weighted by Crippen LogP contribution is 2.61. The molecule has 0 aromatic rings. The predicted molar refractivity (Wildman–Crippen MR) is 107 cm³/mol. The van der Waals surface area contributed by atoms with Gasteiger partial charge in [0.05, 0.1) is 6.10 Å². The number of aliphatic hydroxyl groups is 2. The minimum absolute atomic E-state index is 0.0902. The summed E-state index contributed by atoms with van der Waals surface area (Å²) in [5.74, 6) is -1.74. The van der Waals surface area contributed by atoms with Crippen LogP contribution in [-0.2, 0) is 14.3 Å². The van der Waals surface area contributed by atoms with Crippen LogP contribution < -0.4 is 0 Å². The number of aliphatic hydroxyl groups excluding tert-OH is 2. The monoisotopic (exact) mass is 409 g/mol. The maximum Gasteiger partial charge on any atom is 0.326 e. The molecule has 7 nitrogen and oxygen atoms in total. The van der Waals surface area contributed by atoms with E-state index in [4.69, 9.17) is 4.74 Å². The number of carboxylic acid groups (broad SMARTS) is 1. The molecule has 0 bridgehead atoms. The summed E-state index contributed by atoms with van der Waals surface area (Å²) in [6, 6.07) is -0.949. The van der Waals surface area contributed by atoms with Crippen molar-refractivity contribution < 1.29 is 29.6 Å². The molecule has 1 amide bonds. The molecule has 0 radical (unpaired) electrons. The maximum atomic E-state index is 13.5. The summed E-state index contributed by atoms with van der Waals surface area (Å²) in [5, 5.41) is 30.9. The van der Waals surface area contributed by atoms with Gasteiger partial charge in [-0.05, 0) is 36.7 Å². The van der Waals surface area contributed by atoms with Gasteiger partial charge in [-0.25, -0.2) is 4.79 Å². The summed E-state index contributed by atoms with van der Waals surface area (Å²) in [6.45, 7) is 11.5. The highest BCUT2D eigenvalue weighted by molar-refractivity contribution is 6.01. The van der Waals surface area contributed by atoms with E-state index in [0.717, 1.165) is 19.3 Å². The molecule has 3 rings (SSSR count). The molecule has 1 saturated carbocycles. The molecule has 29 heavy (non-hydrogen) atoms. The van der Waals surface area contributed by atoms with Gasteiger partial charge in [0.1, 0.15) is 12.1 Å². The van der Waals surface area contributed by atoms with E-state index in [1.54, 1.807) is 13.8 Å². The molecule has 3 aliphatic rings. The van der Waals surface area contributed by atoms with E-state index in [0.29, 0.717) is 11.1 Å². The number of carbonyl (C=O) groups excluding carboxylic acids is 1. The first-order chi connectivity index (χ1) is 13.3. The Hall–Kier alpha value is -1.44. The van der Waals surface area contributed by atoms with Gasteiger partial charge >= 0.3 is 5.97 Å². The van der Waals surface area contributed by atoms with Crippen molar-refractivity contribution in [1.29, 1.82) is 0 Å². The van der Waals surface area contributed by atoms with Crippen molar-refractivity contribution in [2.75, 3.05) is 6.54 Å². The van der Waals surface area contributed by atoms with Crippen LogP contribution in [0.3, 0.4) is 0 Å². The summed E-state index contributed by atoms with van der Waals surface area (Å²) in [4.78, 5) is 26.8. The molecule has 1 unspecified atom stereocenters. The lowest BCUT2D eigenvalue weighted by Gasteiger charge is -2.57. The van der Waals surface area contributed by atoms with Crippen LogP contribution in [0.2, 0.25) is 0 Å². The highest BCUT2D eigenvalue weighted by Gasteiger charge is 2.62. The van der Waals surface area contributed by atoms with Crippen molar-refractivity contribution in [3.05, 3.63) is 11.1 Å². The second-order valence-electron chi connectivity index (χ2n) is 10.2. The van der Waals surface area contributed by atoms with Crippen LogP contribution in [0.4, 0.5) is 0 Å². The van der Waals surface area contributed by atoms with Gasteiger partial charge in [-0.15, -0.1) is 0 Å². The minimum atomic E-state index is -1.05. The molecule has 1 aliphatic heterocycles. The molecule has 1 fully saturated rings. The van der Waals surface area contributed by atoms with Crippen molar-refractivity contribution in [3.63, 3.8) is 0 Å². The van der Waals surface area contributed by atoms with E-state index in [1.165, 1.54) is 11.8 Å². The molecule has 7 heteroatoms. The highest BCUT2D eigenvalue weighted by atomic mass is 16.6. The number of ether oxygens (including phenoxy) is 1. The average Bonchev–Trinajstić information content (AvgIpc) is 2.89. The molecule has 6 atom stereocenters. The standard InChI is InChI=1S/C22H35NO6/c1-11(2)15(20(27)28)23-10-13-14(19(23)26)22(6)9-7-8-21(4,5)18(22)17(16(13)25)29-12(3)24/h11-12,15-18,24-25H,7-10H2,1-6H3,(H,27,28)/t12?,15-,16+,17+,18-,22+/m0/s1. The molecule has 1 heterocycles. The quantitative estimate of drug-likeness (QED) is 0.601. The number of hydrogen-bond acceptors (Lipinski definition) is 5. The van der Waals surface area contributed by atoms with Crippen LogP contribution in [0.1, 0.15) is 60.8 Å². The number of fused-ring (bicyclic) bond motifs is 2. The number of nitrogens with zero attached hydrogens (tertiary/aromatic N) is 1. The Morgan fingerprint density at radius 2 is 1.83 bits per heavy atom. The zero-order chi connectivity index (χ0) is 21.9. The first-order valence-corrected chi connectivity index (χ1v) is 10.6. The zero-order valence-electron chi connectivity index (χ0n) is 18.3. The van der Waals surface area contributed by atoms with Gasteiger partial charge in [-0.1, -0.05) is 41.0 Å². The van der Waals surface area contributed by atoms with Crippen LogP contribution >= 0.6 is 0 Å². The number of hydrogen-bond donors (Lipinski definition) is 3. The van der Waals surface area contributed by atoms with Crippen LogP contribution in [0.5, 0.6) is 0 Å². The van der Waals surface area contributed by atoms with E-state index in [2.05, 4.69) is 13.8 Å². The summed E-state index contributed by atoms with van der Waals surface area (Å²) in [7, 11) is 0. The Labute approximate surface area is 172 Å². The lowest BCUT2D eigenvalue weighted by atomic mass is 9.49. The van der Waals surface area contributed by atoms with Gasteiger partial charge in [0, 0.05) is 23.5 Å². The number of amides is 1. The molecule has 3 N–H and O–H groups in total. The van der Waals surface area contributed by atoms with Gasteiger partial charge in [-0.2, -0.15) is 0 Å². The Bertz CT molecular complexity index is 727. The third-order valence-corrected chi connectivity index (χ3v) is 7.32. The third kappa shape index (κ3) is 3.41. The molecule has 0 saturated heterocycles. The molecular formula is C22H35NO6. The van der Waals surface area contributed by atoms with Gasteiger partial charge < -0.3 is 25.0 Å². The van der Waals surface area contributed by atoms with Crippen LogP contribution in [0.25, 0.3) is 0 Å². The van der Waals surface area contributed by atoms with Crippen LogP contribution in [0.15, 0.2) is 11.1 Å². The van der Waals surface area contributed by atoms with Gasteiger partial charge in [-0.3, -0.25) is 4.79 Å². The lowest BCUT2D eigenvalue weighted by molar-refractivity contribution is -0.208. The van der Waals surface area contributed by atoms with E-state index in [-0.39, 0.29) is 29.7 Å². The van der Waals surface area contributed by atoms with Crippen LogP contribution in [0, 0.1) is 22.7 Å². The van der Waals surface area contributed by atoms with Crippen molar-refractivity contribution in [1.82, 2.24) is 4.90 Å². The number of carbonyl (C=O) groups is 2. The summed E-state index contributed by atoms with van der Waals surface area (Å²) >= 11 is 0. The second kappa shape index (κ2) is 7.36. The fraction of sp³-hybridized carbons (Fsp3) is 0.818. The predicted octanol–water partition coefficient (Wildman–Crippen LogP) is 2.16. The minimum Gasteiger partial charge on any atom is -0.480 e. The van der Waals surface area contributed by atoms with Crippen LogP contribution in [-0.4, -0.2) is 63.2 Å². The lowest BCUT2D eigenvalue weighted by Crippen LogP contribution is -2.58. The van der Waals surface area contributed by atoms with Crippen molar-refractivity contribution in [2.45, 2.75) is 85.3 Å². The van der Waals surface area contributed by atoms with Crippen molar-refractivity contribution in [3.8, 4) is 0 Å². The molecule has 2 aliphatic carbocycles. The van der Waals surface area contributed by atoms with Crippen molar-refractivity contribution in [2.24, 2.45) is 22.7 Å². The largest absolute Gasteiger partial charge is 0.480 e. The topological polar surface area (TPSA) is 107 Å². The Morgan fingerprint density at radius 1 is 1.21 bits per heavy atom. The molecule has 0 aromatic heterocycles. The SMILES string of the molecule is CC(O)O[C@@H]1[C@H](O)C2=C(C(=O)N([C@H](C(=O)O)C(C)C)C2)[C@@]2(C)CCCC(C)(C)[C@H]12. The van der Waals surface area contributed by atoms with Gasteiger partial charge in [0.2, 0.25) is 0 Å². The Morgan fingerprint density at radius 3 is 2.34 bits per heavy atom. The fourth-order valence-electron chi connectivity index (χ4n) is 6.40. The first kappa shape index (κ1) is 22.2. The average molecular weight is 410 g/mol. The number of rotatable bonds is 5. The normalized spacial score (nSPS) is 36.1. The zero-order valence-corrected chi connectivity index (χ0v) is 18.3. The molecular weight excluding hydrogens is 374 g/mol. The van der Waals surface area contributed by atoms with Gasteiger partial charge in [0.25, 0.3) is 5.91 Å². The fourth-order valence-corrected chi connectivity index (χ4v) is 6.40. The van der Waals surface area contributed by atoms with Crippen molar-refractivity contribution >= 4 is 11.9 Å². The summed E-state index contributed by atoms with van der Waals surface area (Å²) in [5.41, 5.74) is 0.385. The molecule has 164 valence electrons. The van der Waals surface area contributed by atoms with E-state index in [9.17, 15) is 24.9 Å². The first-order valence-electron chi connectivity index (χ1n) is 10.6. The second-order valence-corrected chi connectivity index (χ2v) is 10.2. The summed E-state index contributed by atoms with van der Waals surface area (Å²) in [6.07, 6.45) is -0.104. The Kier molecular flexibility index (Phi) is 5.65. The number of carboxylic acids is 1. The maximum absolute atomic E-state index is 13.5.